The minimum atomic E-state index is -0.788. The van der Waals surface area contributed by atoms with Gasteiger partial charge in [-0.1, -0.05) is 42.5 Å². The van der Waals surface area contributed by atoms with E-state index in [1.807, 2.05) is 55.5 Å². The van der Waals surface area contributed by atoms with Crippen molar-refractivity contribution in [3.05, 3.63) is 95.1 Å². The van der Waals surface area contributed by atoms with Gasteiger partial charge in [-0.25, -0.2) is 0 Å². The van der Waals surface area contributed by atoms with Gasteiger partial charge in [-0.2, -0.15) is 0 Å². The molecule has 35 heavy (non-hydrogen) atoms. The Bertz CT molecular complexity index is 1300. The number of rotatable bonds is 6. The highest BCUT2D eigenvalue weighted by atomic mass is 16.6. The number of benzene rings is 3. The molecule has 0 radical (unpaired) electrons. The molecule has 0 aromatic heterocycles. The number of amides is 1. The van der Waals surface area contributed by atoms with Gasteiger partial charge >= 0.3 is 0 Å². The molecule has 1 saturated heterocycles. The number of carbonyl (C=O) groups is 2. The Labute approximate surface area is 203 Å². The Kier molecular flexibility index (Phi) is 6.14. The summed E-state index contributed by atoms with van der Waals surface area (Å²) in [6, 6.07) is 20.9. The van der Waals surface area contributed by atoms with Crippen molar-refractivity contribution in [1.82, 2.24) is 4.90 Å². The predicted octanol–water partition coefficient (Wildman–Crippen LogP) is 4.48. The first-order valence-corrected chi connectivity index (χ1v) is 11.5. The summed E-state index contributed by atoms with van der Waals surface area (Å²) in [6.45, 7) is 3.41. The third kappa shape index (κ3) is 4.33. The van der Waals surface area contributed by atoms with E-state index >= 15 is 0 Å². The van der Waals surface area contributed by atoms with Gasteiger partial charge in [0.05, 0.1) is 18.2 Å². The summed E-state index contributed by atoms with van der Waals surface area (Å²) in [7, 11) is 0. The van der Waals surface area contributed by atoms with Crippen molar-refractivity contribution in [1.29, 1.82) is 0 Å². The summed E-state index contributed by atoms with van der Waals surface area (Å²) in [4.78, 5) is 28.0. The lowest BCUT2D eigenvalue weighted by Crippen LogP contribution is -2.29. The van der Waals surface area contributed by atoms with Crippen molar-refractivity contribution >= 4 is 17.4 Å². The molecule has 3 aromatic carbocycles. The van der Waals surface area contributed by atoms with Crippen molar-refractivity contribution in [2.45, 2.75) is 19.5 Å². The molecule has 5 rings (SSSR count). The third-order valence-corrected chi connectivity index (χ3v) is 6.04. The Hall–Kier alpha value is -4.26. The monoisotopic (exact) mass is 471 g/mol. The van der Waals surface area contributed by atoms with E-state index in [0.29, 0.717) is 48.2 Å². The molecular weight excluding hydrogens is 446 g/mol. The largest absolute Gasteiger partial charge is 0.507 e. The van der Waals surface area contributed by atoms with Crippen LogP contribution in [0.3, 0.4) is 0 Å². The number of ketones is 1. The lowest BCUT2D eigenvalue weighted by atomic mass is 9.95. The number of aliphatic hydroxyl groups excluding tert-OH is 1. The molecule has 0 saturated carbocycles. The molecular formula is C28H25NO6. The Morgan fingerprint density at radius 1 is 0.971 bits per heavy atom. The van der Waals surface area contributed by atoms with Crippen LogP contribution in [0.15, 0.2) is 78.4 Å². The van der Waals surface area contributed by atoms with Crippen LogP contribution in [0.2, 0.25) is 0 Å². The number of hydrogen-bond acceptors (Lipinski definition) is 6. The van der Waals surface area contributed by atoms with Gasteiger partial charge in [-0.3, -0.25) is 9.59 Å². The fourth-order valence-electron chi connectivity index (χ4n) is 4.46. The van der Waals surface area contributed by atoms with Gasteiger partial charge in [-0.15, -0.1) is 0 Å². The van der Waals surface area contributed by atoms with E-state index in [4.69, 9.17) is 14.2 Å². The van der Waals surface area contributed by atoms with E-state index < -0.39 is 17.7 Å². The second kappa shape index (κ2) is 9.54. The summed E-state index contributed by atoms with van der Waals surface area (Å²) in [5.41, 5.74) is 1.94. The predicted molar refractivity (Wildman–Crippen MR) is 129 cm³/mol. The molecule has 1 N–H and O–H groups in total. The SMILES string of the molecule is CCOc1cccc(C2/C(=C(\O)c3ccc4c(c3)OCCO4)C(=O)C(=O)N2Cc2ccccc2)c1. The maximum atomic E-state index is 13.3. The van der Waals surface area contributed by atoms with Gasteiger partial charge in [0.1, 0.15) is 24.7 Å². The molecule has 0 spiro atoms. The van der Waals surface area contributed by atoms with Crippen LogP contribution in [0.1, 0.15) is 29.7 Å². The second-order valence-electron chi connectivity index (χ2n) is 8.28. The zero-order valence-electron chi connectivity index (χ0n) is 19.3. The maximum Gasteiger partial charge on any atom is 0.295 e. The summed E-state index contributed by atoms with van der Waals surface area (Å²) in [6.07, 6.45) is 0. The van der Waals surface area contributed by atoms with Gasteiger partial charge in [0.2, 0.25) is 0 Å². The normalized spacial score (nSPS) is 18.5. The highest BCUT2D eigenvalue weighted by Crippen LogP contribution is 2.42. The molecule has 7 heteroatoms. The van der Waals surface area contributed by atoms with E-state index in [-0.39, 0.29) is 17.9 Å². The Morgan fingerprint density at radius 2 is 1.74 bits per heavy atom. The first-order chi connectivity index (χ1) is 17.1. The number of Topliss-reactive ketones (excluding diaryl/α,β-unsaturated/α-hetero) is 1. The number of hydrogen-bond donors (Lipinski definition) is 1. The zero-order chi connectivity index (χ0) is 24.4. The number of nitrogens with zero attached hydrogens (tertiary/aromatic N) is 1. The van der Waals surface area contributed by atoms with Crippen LogP contribution in [-0.2, 0) is 16.1 Å². The van der Waals surface area contributed by atoms with Gasteiger partial charge in [0, 0.05) is 12.1 Å². The Morgan fingerprint density at radius 3 is 2.51 bits per heavy atom. The maximum absolute atomic E-state index is 13.3. The van der Waals surface area contributed by atoms with E-state index in [1.165, 1.54) is 4.90 Å². The van der Waals surface area contributed by atoms with E-state index in [0.717, 1.165) is 5.56 Å². The first-order valence-electron chi connectivity index (χ1n) is 11.5. The fraction of sp³-hybridized carbons (Fsp3) is 0.214. The molecule has 1 unspecified atom stereocenters. The van der Waals surface area contributed by atoms with Gasteiger partial charge < -0.3 is 24.2 Å². The van der Waals surface area contributed by atoms with Crippen molar-refractivity contribution in [3.8, 4) is 17.2 Å². The molecule has 1 fully saturated rings. The lowest BCUT2D eigenvalue weighted by Gasteiger charge is -2.26. The highest BCUT2D eigenvalue weighted by molar-refractivity contribution is 6.46. The molecule has 2 aliphatic heterocycles. The lowest BCUT2D eigenvalue weighted by molar-refractivity contribution is -0.140. The second-order valence-corrected chi connectivity index (χ2v) is 8.28. The highest BCUT2D eigenvalue weighted by Gasteiger charge is 2.46. The summed E-state index contributed by atoms with van der Waals surface area (Å²) < 4.78 is 16.9. The average Bonchev–Trinajstić information content (AvgIpc) is 3.14. The van der Waals surface area contributed by atoms with Gasteiger partial charge in [0.25, 0.3) is 11.7 Å². The summed E-state index contributed by atoms with van der Waals surface area (Å²) >= 11 is 0. The number of fused-ring (bicyclic) bond motifs is 1. The fourth-order valence-corrected chi connectivity index (χ4v) is 4.46. The van der Waals surface area contributed by atoms with Crippen LogP contribution in [0.5, 0.6) is 17.2 Å². The molecule has 7 nitrogen and oxygen atoms in total. The Balaban J connectivity index is 1.63. The summed E-state index contributed by atoms with van der Waals surface area (Å²) in [5, 5.41) is 11.4. The van der Waals surface area contributed by atoms with E-state index in [2.05, 4.69) is 0 Å². The molecule has 2 aliphatic rings. The molecule has 178 valence electrons. The zero-order valence-corrected chi connectivity index (χ0v) is 19.3. The van der Waals surface area contributed by atoms with E-state index in [9.17, 15) is 14.7 Å². The minimum absolute atomic E-state index is 0.0243. The molecule has 2 heterocycles. The van der Waals surface area contributed by atoms with Crippen molar-refractivity contribution in [2.75, 3.05) is 19.8 Å². The van der Waals surface area contributed by atoms with Crippen LogP contribution >= 0.6 is 0 Å². The van der Waals surface area contributed by atoms with Crippen molar-refractivity contribution in [3.63, 3.8) is 0 Å². The van der Waals surface area contributed by atoms with Crippen molar-refractivity contribution < 1.29 is 28.9 Å². The number of likely N-dealkylation sites (tertiary alicyclic amines) is 1. The topological polar surface area (TPSA) is 85.3 Å². The summed E-state index contributed by atoms with van der Waals surface area (Å²) in [5.74, 6) is 0.00391. The number of carbonyl (C=O) groups excluding carboxylic acids is 2. The quantitative estimate of drug-likeness (QED) is 0.324. The molecule has 0 aliphatic carbocycles. The molecule has 3 aromatic rings. The third-order valence-electron chi connectivity index (χ3n) is 6.04. The van der Waals surface area contributed by atoms with E-state index in [1.54, 1.807) is 24.3 Å². The van der Waals surface area contributed by atoms with Gasteiger partial charge in [0.15, 0.2) is 11.5 Å². The molecule has 1 amide bonds. The van der Waals surface area contributed by atoms with Crippen LogP contribution < -0.4 is 14.2 Å². The molecule has 1 atom stereocenters. The first kappa shape index (κ1) is 22.5. The number of ether oxygens (including phenoxy) is 3. The minimum Gasteiger partial charge on any atom is -0.507 e. The van der Waals surface area contributed by atoms with Gasteiger partial charge in [-0.05, 0) is 48.4 Å². The average molecular weight is 472 g/mol. The van der Waals surface area contributed by atoms with Crippen LogP contribution in [-0.4, -0.2) is 41.5 Å². The van der Waals surface area contributed by atoms with Crippen LogP contribution in [0, 0.1) is 0 Å². The van der Waals surface area contributed by atoms with Crippen LogP contribution in [0.4, 0.5) is 0 Å². The van der Waals surface area contributed by atoms with Crippen molar-refractivity contribution in [2.24, 2.45) is 0 Å². The smallest absolute Gasteiger partial charge is 0.295 e. The standard InChI is InChI=1S/C28H25NO6/c1-2-33-21-10-6-9-19(15-21)25-24(26(30)20-11-12-22-23(16-20)35-14-13-34-22)27(31)28(32)29(25)17-18-7-4-3-5-8-18/h3-12,15-16,25,30H,2,13-14,17H2,1H3/b26-24+. The van der Waals surface area contributed by atoms with Crippen LogP contribution in [0.25, 0.3) is 5.76 Å². The number of aliphatic hydroxyl groups is 1. The molecule has 0 bridgehead atoms.